The molecule has 0 radical (unpaired) electrons. The normalized spacial score (nSPS) is 28.0. The lowest BCUT2D eigenvalue weighted by Crippen LogP contribution is -2.31. The molecule has 1 fully saturated rings. The summed E-state index contributed by atoms with van der Waals surface area (Å²) in [5.41, 5.74) is 0.183. The maximum Gasteiger partial charge on any atom is 0.170 e. The number of carbonyl (C=O) groups excluding carboxylic acids is 2. The van der Waals surface area contributed by atoms with Crippen molar-refractivity contribution < 1.29 is 9.59 Å². The van der Waals surface area contributed by atoms with Gasteiger partial charge in [-0.05, 0) is 25.2 Å². The van der Waals surface area contributed by atoms with Gasteiger partial charge in [0.05, 0.1) is 5.57 Å². The number of ketones is 1. The van der Waals surface area contributed by atoms with Crippen LogP contribution in [0.5, 0.6) is 0 Å². The SMILES string of the molecule is CC(C)CC1(C)CCCC(=O)C1=C=O. The molecule has 1 rings (SSSR count). The number of hydrogen-bond donors (Lipinski definition) is 0. The van der Waals surface area contributed by atoms with Gasteiger partial charge in [0.15, 0.2) is 5.78 Å². The van der Waals surface area contributed by atoms with Crippen molar-refractivity contribution in [3.8, 4) is 0 Å². The van der Waals surface area contributed by atoms with E-state index in [9.17, 15) is 9.59 Å². The zero-order valence-electron chi connectivity index (χ0n) is 9.22. The third kappa shape index (κ3) is 2.13. The molecule has 0 saturated heterocycles. The van der Waals surface area contributed by atoms with Gasteiger partial charge < -0.3 is 0 Å². The first-order chi connectivity index (χ1) is 6.49. The van der Waals surface area contributed by atoms with Crippen LogP contribution in [0.25, 0.3) is 0 Å². The first-order valence-electron chi connectivity index (χ1n) is 5.28. The van der Waals surface area contributed by atoms with Gasteiger partial charge in [-0.15, -0.1) is 0 Å². The van der Waals surface area contributed by atoms with E-state index in [0.29, 0.717) is 17.9 Å². The van der Waals surface area contributed by atoms with Crippen LogP contribution in [0.4, 0.5) is 0 Å². The molecule has 0 aromatic carbocycles. The minimum absolute atomic E-state index is 0.00870. The lowest BCUT2D eigenvalue weighted by molar-refractivity contribution is -0.118. The standard InChI is InChI=1S/C12H18O2/c1-9(2)7-12(3)6-4-5-11(14)10(12)8-13/h9H,4-7H2,1-3H3. The number of allylic oxidation sites excluding steroid dienone is 1. The third-order valence-electron chi connectivity index (χ3n) is 2.98. The second kappa shape index (κ2) is 4.10. The molecule has 0 bridgehead atoms. The molecule has 78 valence electrons. The van der Waals surface area contributed by atoms with Crippen LogP contribution in [-0.4, -0.2) is 11.7 Å². The van der Waals surface area contributed by atoms with Crippen LogP contribution in [0.2, 0.25) is 0 Å². The molecule has 0 amide bonds. The Balaban J connectivity index is 2.94. The van der Waals surface area contributed by atoms with E-state index in [4.69, 9.17) is 0 Å². The van der Waals surface area contributed by atoms with Crippen molar-refractivity contribution in [2.24, 2.45) is 11.3 Å². The summed E-state index contributed by atoms with van der Waals surface area (Å²) in [6.45, 7) is 6.25. The average Bonchev–Trinajstić information content (AvgIpc) is 2.02. The van der Waals surface area contributed by atoms with Gasteiger partial charge in [-0.1, -0.05) is 20.8 Å². The predicted molar refractivity (Wildman–Crippen MR) is 55.6 cm³/mol. The molecule has 0 aromatic rings. The van der Waals surface area contributed by atoms with Crippen molar-refractivity contribution in [3.05, 3.63) is 5.57 Å². The molecule has 1 saturated carbocycles. The van der Waals surface area contributed by atoms with E-state index in [-0.39, 0.29) is 11.2 Å². The van der Waals surface area contributed by atoms with Gasteiger partial charge in [0.2, 0.25) is 0 Å². The predicted octanol–water partition coefficient (Wildman–Crippen LogP) is 2.55. The molecule has 0 aromatic heterocycles. The average molecular weight is 194 g/mol. The van der Waals surface area contributed by atoms with E-state index < -0.39 is 0 Å². The summed E-state index contributed by atoms with van der Waals surface area (Å²) >= 11 is 0. The molecular weight excluding hydrogens is 176 g/mol. The summed E-state index contributed by atoms with van der Waals surface area (Å²) in [7, 11) is 0. The summed E-state index contributed by atoms with van der Waals surface area (Å²) in [6.07, 6.45) is 3.29. The Labute approximate surface area is 85.4 Å². The Morgan fingerprint density at radius 1 is 1.50 bits per heavy atom. The van der Waals surface area contributed by atoms with Gasteiger partial charge in [-0.2, -0.15) is 0 Å². The molecule has 14 heavy (non-hydrogen) atoms. The highest BCUT2D eigenvalue weighted by Crippen LogP contribution is 2.42. The zero-order valence-corrected chi connectivity index (χ0v) is 9.22. The van der Waals surface area contributed by atoms with Crippen LogP contribution in [0.15, 0.2) is 5.57 Å². The van der Waals surface area contributed by atoms with E-state index >= 15 is 0 Å². The first kappa shape index (κ1) is 11.2. The summed E-state index contributed by atoms with van der Waals surface area (Å²) < 4.78 is 0. The third-order valence-corrected chi connectivity index (χ3v) is 2.98. The summed E-state index contributed by atoms with van der Waals surface area (Å²) in [4.78, 5) is 22.3. The Morgan fingerprint density at radius 2 is 2.14 bits per heavy atom. The molecule has 1 atom stereocenters. The Bertz CT molecular complexity index is 285. The molecule has 1 aliphatic rings. The van der Waals surface area contributed by atoms with Crippen molar-refractivity contribution in [1.82, 2.24) is 0 Å². The Hall–Kier alpha value is -0.880. The smallest absolute Gasteiger partial charge is 0.170 e. The fraction of sp³-hybridized carbons (Fsp3) is 0.750. The monoisotopic (exact) mass is 194 g/mol. The summed E-state index contributed by atoms with van der Waals surface area (Å²) in [6, 6.07) is 0. The number of rotatable bonds is 2. The summed E-state index contributed by atoms with van der Waals surface area (Å²) in [5, 5.41) is 0. The van der Waals surface area contributed by atoms with Crippen LogP contribution in [0, 0.1) is 11.3 Å². The van der Waals surface area contributed by atoms with Gasteiger partial charge >= 0.3 is 0 Å². The van der Waals surface area contributed by atoms with Crippen LogP contribution in [0.3, 0.4) is 0 Å². The minimum atomic E-state index is -0.217. The molecule has 1 aliphatic carbocycles. The fourth-order valence-corrected chi connectivity index (χ4v) is 2.51. The highest BCUT2D eigenvalue weighted by molar-refractivity contribution is 6.04. The minimum Gasteiger partial charge on any atom is -0.294 e. The largest absolute Gasteiger partial charge is 0.294 e. The van der Waals surface area contributed by atoms with Crippen LogP contribution < -0.4 is 0 Å². The second-order valence-corrected chi connectivity index (χ2v) is 4.91. The molecule has 0 aliphatic heterocycles. The van der Waals surface area contributed by atoms with E-state index in [2.05, 4.69) is 13.8 Å². The van der Waals surface area contributed by atoms with Gasteiger partial charge in [0, 0.05) is 11.8 Å². The van der Waals surface area contributed by atoms with Crippen molar-refractivity contribution in [3.63, 3.8) is 0 Å². The van der Waals surface area contributed by atoms with Gasteiger partial charge in [-0.25, -0.2) is 4.79 Å². The lowest BCUT2D eigenvalue weighted by atomic mass is 9.67. The van der Waals surface area contributed by atoms with E-state index in [1.54, 1.807) is 0 Å². The Kier molecular flexibility index (Phi) is 3.28. The van der Waals surface area contributed by atoms with Crippen molar-refractivity contribution in [2.45, 2.75) is 46.5 Å². The van der Waals surface area contributed by atoms with Gasteiger partial charge in [0.25, 0.3) is 0 Å². The molecule has 0 heterocycles. The maximum absolute atomic E-state index is 11.5. The van der Waals surface area contributed by atoms with Crippen LogP contribution in [-0.2, 0) is 9.59 Å². The number of hydrogen-bond acceptors (Lipinski definition) is 2. The quantitative estimate of drug-likeness (QED) is 0.500. The molecular formula is C12H18O2. The van der Waals surface area contributed by atoms with Crippen molar-refractivity contribution in [1.29, 1.82) is 0 Å². The van der Waals surface area contributed by atoms with Crippen molar-refractivity contribution in [2.75, 3.05) is 0 Å². The lowest BCUT2D eigenvalue weighted by Gasteiger charge is -2.34. The van der Waals surface area contributed by atoms with E-state index in [0.717, 1.165) is 19.3 Å². The molecule has 2 nitrogen and oxygen atoms in total. The first-order valence-corrected chi connectivity index (χ1v) is 5.28. The number of Topliss-reactive ketones (excluding diaryl/α,β-unsaturated/α-hetero) is 1. The fourth-order valence-electron chi connectivity index (χ4n) is 2.51. The van der Waals surface area contributed by atoms with Crippen molar-refractivity contribution >= 4 is 11.7 Å². The van der Waals surface area contributed by atoms with Crippen LogP contribution >= 0.6 is 0 Å². The Morgan fingerprint density at radius 3 is 2.64 bits per heavy atom. The molecule has 0 spiro atoms. The van der Waals surface area contributed by atoms with E-state index in [1.807, 2.05) is 12.9 Å². The maximum atomic E-state index is 11.5. The van der Waals surface area contributed by atoms with Gasteiger partial charge in [-0.3, -0.25) is 4.79 Å². The van der Waals surface area contributed by atoms with Gasteiger partial charge in [0.1, 0.15) is 5.94 Å². The second-order valence-electron chi connectivity index (χ2n) is 4.91. The molecule has 0 N–H and O–H groups in total. The zero-order chi connectivity index (χ0) is 10.8. The van der Waals surface area contributed by atoms with Crippen LogP contribution in [0.1, 0.15) is 46.5 Å². The molecule has 1 unspecified atom stereocenters. The highest BCUT2D eigenvalue weighted by atomic mass is 16.1. The topological polar surface area (TPSA) is 34.1 Å². The highest BCUT2D eigenvalue weighted by Gasteiger charge is 2.37. The summed E-state index contributed by atoms with van der Waals surface area (Å²) in [5.74, 6) is 2.38. The molecule has 2 heteroatoms. The van der Waals surface area contributed by atoms with E-state index in [1.165, 1.54) is 0 Å². The number of carbonyl (C=O) groups is 1.